The van der Waals surface area contributed by atoms with Crippen molar-refractivity contribution in [2.45, 2.75) is 70.0 Å². The van der Waals surface area contributed by atoms with Crippen LogP contribution in [-0.4, -0.2) is 50.4 Å². The van der Waals surface area contributed by atoms with Gasteiger partial charge in [-0.25, -0.2) is 8.42 Å². The van der Waals surface area contributed by atoms with Crippen molar-refractivity contribution in [1.29, 1.82) is 0 Å². The van der Waals surface area contributed by atoms with Gasteiger partial charge in [-0.1, -0.05) is 70.7 Å². The van der Waals surface area contributed by atoms with Crippen molar-refractivity contribution < 1.29 is 22.7 Å². The van der Waals surface area contributed by atoms with Crippen LogP contribution in [0, 0.1) is 6.92 Å². The third-order valence-corrected chi connectivity index (χ3v) is 9.70. The molecule has 42 heavy (non-hydrogen) atoms. The Bertz CT molecular complexity index is 1490. The SMILES string of the molecule is CCOc1ccccc1N(CC(=O)N(Cc1cccc(Br)c1)[C@H](C)C(=O)NC1CCCC1)S(=O)(=O)c1ccc(C)cc1. The van der Waals surface area contributed by atoms with Crippen LogP contribution in [0.1, 0.15) is 50.7 Å². The summed E-state index contributed by atoms with van der Waals surface area (Å²) < 4.78 is 35.9. The lowest BCUT2D eigenvalue weighted by atomic mass is 10.1. The Hall–Kier alpha value is -3.37. The van der Waals surface area contributed by atoms with Crippen LogP contribution in [0.15, 0.2) is 82.2 Å². The summed E-state index contributed by atoms with van der Waals surface area (Å²) in [7, 11) is -4.19. The standard InChI is InChI=1S/C32H38BrN3O5S/c1-4-41-30-15-8-7-14-29(30)36(42(39,40)28-18-16-23(2)17-19-28)22-31(37)35(21-25-10-9-11-26(33)20-25)24(3)32(38)34-27-12-5-6-13-27/h7-11,14-20,24,27H,4-6,12-13,21-22H2,1-3H3,(H,34,38)/t24-/m1/s1. The third kappa shape index (κ3) is 7.72. The van der Waals surface area contributed by atoms with Crippen LogP contribution in [0.2, 0.25) is 0 Å². The molecule has 0 radical (unpaired) electrons. The lowest BCUT2D eigenvalue weighted by Crippen LogP contribution is -2.52. The van der Waals surface area contributed by atoms with Crippen molar-refractivity contribution in [3.05, 3.63) is 88.4 Å². The maximum Gasteiger partial charge on any atom is 0.264 e. The van der Waals surface area contributed by atoms with Gasteiger partial charge in [-0.2, -0.15) is 0 Å². The Kier molecular flexibility index (Phi) is 10.7. The number of benzene rings is 3. The molecule has 3 aromatic rings. The fraction of sp³-hybridized carbons (Fsp3) is 0.375. The quantitative estimate of drug-likeness (QED) is 0.265. The van der Waals surface area contributed by atoms with Gasteiger partial charge in [0.05, 0.1) is 17.2 Å². The zero-order chi connectivity index (χ0) is 30.3. The molecule has 0 aromatic heterocycles. The van der Waals surface area contributed by atoms with E-state index in [1.54, 1.807) is 43.3 Å². The zero-order valence-corrected chi connectivity index (χ0v) is 26.7. The number of carbonyl (C=O) groups excluding carboxylic acids is 2. The summed E-state index contributed by atoms with van der Waals surface area (Å²) in [5.74, 6) is -0.423. The Balaban J connectivity index is 1.72. The molecule has 3 aromatic carbocycles. The van der Waals surface area contributed by atoms with Crippen LogP contribution in [0.5, 0.6) is 5.75 Å². The average Bonchev–Trinajstić information content (AvgIpc) is 3.48. The second-order valence-corrected chi connectivity index (χ2v) is 13.3. The van der Waals surface area contributed by atoms with Crippen LogP contribution in [0.3, 0.4) is 0 Å². The van der Waals surface area contributed by atoms with Crippen LogP contribution < -0.4 is 14.4 Å². The molecule has 1 aliphatic rings. The van der Waals surface area contributed by atoms with Crippen molar-refractivity contribution in [3.8, 4) is 5.75 Å². The number of sulfonamides is 1. The second-order valence-electron chi connectivity index (χ2n) is 10.5. The number of hydrogen-bond acceptors (Lipinski definition) is 5. The molecule has 0 unspecified atom stereocenters. The molecule has 0 heterocycles. The first kappa shape index (κ1) is 31.6. The number of amides is 2. The highest BCUT2D eigenvalue weighted by atomic mass is 79.9. The van der Waals surface area contributed by atoms with Crippen molar-refractivity contribution in [2.24, 2.45) is 0 Å². The Labute approximate surface area is 257 Å². The maximum absolute atomic E-state index is 14.2. The van der Waals surface area contributed by atoms with Gasteiger partial charge in [0, 0.05) is 17.1 Å². The monoisotopic (exact) mass is 655 g/mol. The van der Waals surface area contributed by atoms with Gasteiger partial charge in [-0.05, 0) is 75.6 Å². The van der Waals surface area contributed by atoms with Gasteiger partial charge in [0.2, 0.25) is 11.8 Å². The predicted octanol–water partition coefficient (Wildman–Crippen LogP) is 5.83. The number of nitrogens with one attached hydrogen (secondary N) is 1. The maximum atomic E-state index is 14.2. The van der Waals surface area contributed by atoms with Crippen molar-refractivity contribution in [2.75, 3.05) is 17.5 Å². The number of para-hydroxylation sites is 2. The van der Waals surface area contributed by atoms with E-state index in [2.05, 4.69) is 21.2 Å². The number of anilines is 1. The number of aryl methyl sites for hydroxylation is 1. The van der Waals surface area contributed by atoms with E-state index >= 15 is 0 Å². The molecule has 224 valence electrons. The van der Waals surface area contributed by atoms with E-state index in [0.29, 0.717) is 12.4 Å². The molecular formula is C32H38BrN3O5S. The first-order valence-corrected chi connectivity index (χ1v) is 16.5. The predicted molar refractivity (Wildman–Crippen MR) is 168 cm³/mol. The zero-order valence-electron chi connectivity index (χ0n) is 24.3. The summed E-state index contributed by atoms with van der Waals surface area (Å²) in [6.45, 7) is 5.30. The summed E-state index contributed by atoms with van der Waals surface area (Å²) >= 11 is 3.48. The molecule has 1 fully saturated rings. The fourth-order valence-electron chi connectivity index (χ4n) is 5.10. The van der Waals surface area contributed by atoms with Gasteiger partial charge in [-0.15, -0.1) is 0 Å². The molecule has 0 aliphatic heterocycles. The molecule has 0 saturated heterocycles. The molecule has 1 saturated carbocycles. The van der Waals surface area contributed by atoms with E-state index in [9.17, 15) is 18.0 Å². The number of hydrogen-bond donors (Lipinski definition) is 1. The summed E-state index contributed by atoms with van der Waals surface area (Å²) in [5, 5.41) is 3.09. The van der Waals surface area contributed by atoms with E-state index in [4.69, 9.17) is 4.74 Å². The second kappa shape index (κ2) is 14.2. The minimum atomic E-state index is -4.19. The highest BCUT2D eigenvalue weighted by Gasteiger charge is 2.34. The van der Waals surface area contributed by atoms with Gasteiger partial charge in [-0.3, -0.25) is 13.9 Å². The highest BCUT2D eigenvalue weighted by Crippen LogP contribution is 2.33. The van der Waals surface area contributed by atoms with E-state index in [-0.39, 0.29) is 29.1 Å². The fourth-order valence-corrected chi connectivity index (χ4v) is 6.97. The van der Waals surface area contributed by atoms with Crippen molar-refractivity contribution in [1.82, 2.24) is 10.2 Å². The summed E-state index contributed by atoms with van der Waals surface area (Å²) in [6.07, 6.45) is 3.94. The van der Waals surface area contributed by atoms with Crippen LogP contribution in [0.25, 0.3) is 0 Å². The molecule has 4 rings (SSSR count). The van der Waals surface area contributed by atoms with E-state index < -0.39 is 28.5 Å². The molecule has 10 heteroatoms. The Morgan fingerprint density at radius 2 is 1.71 bits per heavy atom. The van der Waals surface area contributed by atoms with Gasteiger partial charge in [0.25, 0.3) is 10.0 Å². The average molecular weight is 657 g/mol. The summed E-state index contributed by atoms with van der Waals surface area (Å²) in [4.78, 5) is 29.1. The van der Waals surface area contributed by atoms with Crippen LogP contribution in [0.4, 0.5) is 5.69 Å². The number of halogens is 1. The topological polar surface area (TPSA) is 96.0 Å². The highest BCUT2D eigenvalue weighted by molar-refractivity contribution is 9.10. The molecule has 2 amide bonds. The molecule has 1 N–H and O–H groups in total. The smallest absolute Gasteiger partial charge is 0.264 e. The van der Waals surface area contributed by atoms with E-state index in [0.717, 1.165) is 45.6 Å². The van der Waals surface area contributed by atoms with Crippen LogP contribution >= 0.6 is 15.9 Å². The number of ether oxygens (including phenoxy) is 1. The van der Waals surface area contributed by atoms with E-state index in [1.165, 1.54) is 17.0 Å². The van der Waals surface area contributed by atoms with Crippen LogP contribution in [-0.2, 0) is 26.2 Å². The summed E-state index contributed by atoms with van der Waals surface area (Å²) in [5.41, 5.74) is 1.97. The largest absolute Gasteiger partial charge is 0.492 e. The molecule has 0 spiro atoms. The number of nitrogens with zero attached hydrogens (tertiary/aromatic N) is 2. The normalized spacial score (nSPS) is 14.3. The van der Waals surface area contributed by atoms with Crippen molar-refractivity contribution in [3.63, 3.8) is 0 Å². The molecule has 0 bridgehead atoms. The number of rotatable bonds is 12. The lowest BCUT2D eigenvalue weighted by Gasteiger charge is -2.33. The van der Waals surface area contributed by atoms with Gasteiger partial charge >= 0.3 is 0 Å². The minimum Gasteiger partial charge on any atom is -0.492 e. The molecular weight excluding hydrogens is 618 g/mol. The van der Waals surface area contributed by atoms with Gasteiger partial charge in [0.1, 0.15) is 18.3 Å². The molecule has 1 aliphatic carbocycles. The first-order chi connectivity index (χ1) is 20.1. The van der Waals surface area contributed by atoms with Crippen molar-refractivity contribution >= 4 is 43.5 Å². The number of carbonyl (C=O) groups is 2. The summed E-state index contributed by atoms with van der Waals surface area (Å²) in [6, 6.07) is 20.0. The Morgan fingerprint density at radius 1 is 1.02 bits per heavy atom. The first-order valence-electron chi connectivity index (χ1n) is 14.3. The van der Waals surface area contributed by atoms with Gasteiger partial charge in [0.15, 0.2) is 0 Å². The van der Waals surface area contributed by atoms with Gasteiger partial charge < -0.3 is 15.0 Å². The van der Waals surface area contributed by atoms with E-state index in [1.807, 2.05) is 38.1 Å². The third-order valence-electron chi connectivity index (χ3n) is 7.43. The molecule has 8 nitrogen and oxygen atoms in total. The minimum absolute atomic E-state index is 0.0535. The lowest BCUT2D eigenvalue weighted by molar-refractivity contribution is -0.139. The molecule has 1 atom stereocenters. The Morgan fingerprint density at radius 3 is 2.38 bits per heavy atom.